The number of carbonyl (C=O) groups excluding carboxylic acids is 2. The maximum absolute atomic E-state index is 12.2. The van der Waals surface area contributed by atoms with Crippen LogP contribution in [0, 0.1) is 0 Å². The molecular formula is C15H28N2O3. The van der Waals surface area contributed by atoms with Crippen LogP contribution in [0.4, 0.5) is 0 Å². The average molecular weight is 284 g/mol. The van der Waals surface area contributed by atoms with Crippen molar-refractivity contribution in [1.29, 1.82) is 0 Å². The Morgan fingerprint density at radius 2 is 1.60 bits per heavy atom. The van der Waals surface area contributed by atoms with Gasteiger partial charge in [0, 0.05) is 31.6 Å². The molecule has 2 atom stereocenters. The molecule has 0 spiro atoms. The molecule has 0 aromatic rings. The van der Waals surface area contributed by atoms with Gasteiger partial charge in [-0.05, 0) is 41.7 Å². The number of piperazine rings is 1. The molecule has 0 N–H and O–H groups in total. The summed E-state index contributed by atoms with van der Waals surface area (Å²) in [4.78, 5) is 27.9. The first-order chi connectivity index (χ1) is 9.10. The first-order valence-electron chi connectivity index (χ1n) is 7.31. The fourth-order valence-electron chi connectivity index (χ4n) is 2.37. The SMILES string of the molecule is CC1CN(C(=O)CCC(=O)OC(C)(C)C)CC(C)N1C. The second-order valence-corrected chi connectivity index (χ2v) is 6.75. The molecule has 1 aliphatic heterocycles. The molecule has 5 nitrogen and oxygen atoms in total. The first-order valence-corrected chi connectivity index (χ1v) is 7.31. The van der Waals surface area contributed by atoms with Crippen molar-refractivity contribution in [2.24, 2.45) is 0 Å². The monoisotopic (exact) mass is 284 g/mol. The van der Waals surface area contributed by atoms with Crippen LogP contribution in [-0.4, -0.2) is 59.5 Å². The predicted molar refractivity (Wildman–Crippen MR) is 78.3 cm³/mol. The summed E-state index contributed by atoms with van der Waals surface area (Å²) in [6.45, 7) is 11.2. The van der Waals surface area contributed by atoms with Crippen molar-refractivity contribution < 1.29 is 14.3 Å². The molecule has 0 aliphatic carbocycles. The molecule has 0 radical (unpaired) electrons. The van der Waals surface area contributed by atoms with Crippen LogP contribution < -0.4 is 0 Å². The molecular weight excluding hydrogens is 256 g/mol. The van der Waals surface area contributed by atoms with Crippen molar-refractivity contribution >= 4 is 11.9 Å². The van der Waals surface area contributed by atoms with E-state index in [9.17, 15) is 9.59 Å². The van der Waals surface area contributed by atoms with E-state index in [-0.39, 0.29) is 24.7 Å². The normalized spacial score (nSPS) is 24.6. The van der Waals surface area contributed by atoms with E-state index in [1.165, 1.54) is 0 Å². The summed E-state index contributed by atoms with van der Waals surface area (Å²) in [6.07, 6.45) is 0.392. The van der Waals surface area contributed by atoms with Gasteiger partial charge in [-0.3, -0.25) is 14.5 Å². The van der Waals surface area contributed by atoms with E-state index >= 15 is 0 Å². The Bertz CT molecular complexity index is 351. The quantitative estimate of drug-likeness (QED) is 0.740. The third-order valence-electron chi connectivity index (χ3n) is 3.68. The van der Waals surface area contributed by atoms with Gasteiger partial charge in [0.15, 0.2) is 0 Å². The zero-order valence-electron chi connectivity index (χ0n) is 13.6. The Kier molecular flexibility index (Phi) is 5.57. The molecule has 0 aromatic heterocycles. The third-order valence-corrected chi connectivity index (χ3v) is 3.68. The lowest BCUT2D eigenvalue weighted by Gasteiger charge is -2.42. The summed E-state index contributed by atoms with van der Waals surface area (Å²) in [5.74, 6) is -0.260. The minimum atomic E-state index is -0.489. The molecule has 0 aromatic carbocycles. The molecule has 1 rings (SSSR count). The minimum absolute atomic E-state index is 0.0441. The van der Waals surface area contributed by atoms with Gasteiger partial charge >= 0.3 is 5.97 Å². The molecule has 116 valence electrons. The summed E-state index contributed by atoms with van der Waals surface area (Å²) in [7, 11) is 2.08. The van der Waals surface area contributed by atoms with Gasteiger partial charge in [-0.1, -0.05) is 0 Å². The third kappa shape index (κ3) is 5.12. The predicted octanol–water partition coefficient (Wildman–Crippen LogP) is 1.66. The van der Waals surface area contributed by atoms with E-state index in [1.807, 2.05) is 25.7 Å². The zero-order valence-corrected chi connectivity index (χ0v) is 13.6. The van der Waals surface area contributed by atoms with E-state index in [0.29, 0.717) is 12.1 Å². The lowest BCUT2D eigenvalue weighted by molar-refractivity contribution is -0.156. The highest BCUT2D eigenvalue weighted by Gasteiger charge is 2.29. The number of nitrogens with zero attached hydrogens (tertiary/aromatic N) is 2. The van der Waals surface area contributed by atoms with Gasteiger partial charge in [0.2, 0.25) is 5.91 Å². The number of likely N-dealkylation sites (N-methyl/N-ethyl adjacent to an activating group) is 1. The molecule has 0 bridgehead atoms. The van der Waals surface area contributed by atoms with Crippen LogP contribution in [0.25, 0.3) is 0 Å². The number of amides is 1. The number of rotatable bonds is 3. The Hall–Kier alpha value is -1.10. The van der Waals surface area contributed by atoms with E-state index in [1.54, 1.807) is 0 Å². The topological polar surface area (TPSA) is 49.9 Å². The van der Waals surface area contributed by atoms with Crippen LogP contribution in [0.2, 0.25) is 0 Å². The lowest BCUT2D eigenvalue weighted by Crippen LogP contribution is -2.56. The van der Waals surface area contributed by atoms with E-state index < -0.39 is 5.60 Å². The van der Waals surface area contributed by atoms with Crippen LogP contribution in [0.15, 0.2) is 0 Å². The van der Waals surface area contributed by atoms with Crippen molar-refractivity contribution in [2.75, 3.05) is 20.1 Å². The average Bonchev–Trinajstić information content (AvgIpc) is 2.30. The molecule has 1 aliphatic rings. The molecule has 1 amide bonds. The lowest BCUT2D eigenvalue weighted by atomic mass is 10.1. The second kappa shape index (κ2) is 6.57. The Balaban J connectivity index is 2.42. The fourth-order valence-corrected chi connectivity index (χ4v) is 2.37. The molecule has 2 unspecified atom stereocenters. The van der Waals surface area contributed by atoms with Crippen molar-refractivity contribution in [3.05, 3.63) is 0 Å². The van der Waals surface area contributed by atoms with Gasteiger partial charge in [-0.15, -0.1) is 0 Å². The molecule has 0 saturated carbocycles. The van der Waals surface area contributed by atoms with Crippen molar-refractivity contribution in [1.82, 2.24) is 9.80 Å². The number of esters is 1. The van der Waals surface area contributed by atoms with Crippen LogP contribution in [0.5, 0.6) is 0 Å². The van der Waals surface area contributed by atoms with Crippen molar-refractivity contribution in [3.8, 4) is 0 Å². The Morgan fingerprint density at radius 1 is 1.10 bits per heavy atom. The Labute approximate surface area is 122 Å². The number of hydrogen-bond donors (Lipinski definition) is 0. The molecule has 5 heteroatoms. The van der Waals surface area contributed by atoms with Crippen LogP contribution in [-0.2, 0) is 14.3 Å². The van der Waals surface area contributed by atoms with E-state index in [0.717, 1.165) is 13.1 Å². The highest BCUT2D eigenvalue weighted by molar-refractivity contribution is 5.81. The first kappa shape index (κ1) is 17.0. The van der Waals surface area contributed by atoms with Crippen LogP contribution in [0.3, 0.4) is 0 Å². The summed E-state index contributed by atoms with van der Waals surface area (Å²) in [6, 6.07) is 0.702. The molecule has 1 saturated heterocycles. The standard InChI is InChI=1S/C15H28N2O3/c1-11-9-17(10-12(2)16(11)6)13(18)7-8-14(19)20-15(3,4)5/h11-12H,7-10H2,1-6H3. The Morgan fingerprint density at radius 3 is 2.05 bits per heavy atom. The second-order valence-electron chi connectivity index (χ2n) is 6.75. The van der Waals surface area contributed by atoms with Crippen molar-refractivity contribution in [3.63, 3.8) is 0 Å². The van der Waals surface area contributed by atoms with Crippen LogP contribution >= 0.6 is 0 Å². The van der Waals surface area contributed by atoms with E-state index in [2.05, 4.69) is 25.8 Å². The maximum atomic E-state index is 12.2. The van der Waals surface area contributed by atoms with Gasteiger partial charge < -0.3 is 9.64 Å². The summed E-state index contributed by atoms with van der Waals surface area (Å²) in [5.41, 5.74) is -0.489. The molecule has 1 heterocycles. The highest BCUT2D eigenvalue weighted by Crippen LogP contribution is 2.15. The van der Waals surface area contributed by atoms with Gasteiger partial charge in [-0.2, -0.15) is 0 Å². The van der Waals surface area contributed by atoms with E-state index in [4.69, 9.17) is 4.74 Å². The zero-order chi connectivity index (χ0) is 15.5. The summed E-state index contributed by atoms with van der Waals surface area (Å²) < 4.78 is 5.22. The minimum Gasteiger partial charge on any atom is -0.460 e. The van der Waals surface area contributed by atoms with Gasteiger partial charge in [0.25, 0.3) is 0 Å². The number of carbonyl (C=O) groups is 2. The van der Waals surface area contributed by atoms with Gasteiger partial charge in [0.1, 0.15) is 5.60 Å². The molecule has 1 fully saturated rings. The molecule has 20 heavy (non-hydrogen) atoms. The summed E-state index contributed by atoms with van der Waals surface area (Å²) in [5, 5.41) is 0. The van der Waals surface area contributed by atoms with Crippen molar-refractivity contribution in [2.45, 2.75) is 65.1 Å². The van der Waals surface area contributed by atoms with Crippen LogP contribution in [0.1, 0.15) is 47.5 Å². The van der Waals surface area contributed by atoms with Gasteiger partial charge in [0.05, 0.1) is 6.42 Å². The highest BCUT2D eigenvalue weighted by atomic mass is 16.6. The largest absolute Gasteiger partial charge is 0.460 e. The fraction of sp³-hybridized carbons (Fsp3) is 0.867. The smallest absolute Gasteiger partial charge is 0.306 e. The van der Waals surface area contributed by atoms with Gasteiger partial charge in [-0.25, -0.2) is 0 Å². The maximum Gasteiger partial charge on any atom is 0.306 e. The number of ether oxygens (including phenoxy) is 1. The number of hydrogen-bond acceptors (Lipinski definition) is 4. The summed E-state index contributed by atoms with van der Waals surface area (Å²) >= 11 is 0.